The lowest BCUT2D eigenvalue weighted by molar-refractivity contribution is -0.274. The first-order chi connectivity index (χ1) is 15.8. The zero-order valence-corrected chi connectivity index (χ0v) is 19.5. The van der Waals surface area contributed by atoms with Crippen molar-refractivity contribution in [3.8, 4) is 5.75 Å². The third-order valence-electron chi connectivity index (χ3n) is 4.75. The molecule has 1 amide bonds. The van der Waals surface area contributed by atoms with Gasteiger partial charge in [-0.2, -0.15) is 0 Å². The zero-order valence-electron chi connectivity index (χ0n) is 17.1. The van der Waals surface area contributed by atoms with Crippen molar-refractivity contribution in [1.82, 2.24) is 4.57 Å². The molecule has 1 aromatic heterocycles. The summed E-state index contributed by atoms with van der Waals surface area (Å²) >= 11 is 4.86. The number of anilines is 1. The first kappa shape index (κ1) is 23.3. The number of alkyl halides is 3. The number of carbonyl (C=O) groups excluding carboxylic acids is 1. The predicted octanol–water partition coefficient (Wildman–Crippen LogP) is 7.08. The quantitative estimate of drug-likeness (QED) is 0.257. The average Bonchev–Trinajstić information content (AvgIpc) is 3.12. The Morgan fingerprint density at radius 1 is 1.00 bits per heavy atom. The van der Waals surface area contributed by atoms with E-state index in [1.165, 1.54) is 23.9 Å². The Morgan fingerprint density at radius 2 is 1.70 bits per heavy atom. The maximum Gasteiger partial charge on any atom is 0.573 e. The summed E-state index contributed by atoms with van der Waals surface area (Å²) in [4.78, 5) is 13.4. The third kappa shape index (κ3) is 6.33. The smallest absolute Gasteiger partial charge is 0.406 e. The van der Waals surface area contributed by atoms with Gasteiger partial charge in [-0.3, -0.25) is 4.79 Å². The molecule has 0 radical (unpaired) electrons. The van der Waals surface area contributed by atoms with Gasteiger partial charge in [0.1, 0.15) is 5.75 Å². The fourth-order valence-electron chi connectivity index (χ4n) is 3.33. The number of nitrogens with zero attached hydrogens (tertiary/aromatic N) is 1. The molecule has 4 aromatic rings. The van der Waals surface area contributed by atoms with Gasteiger partial charge in [0.2, 0.25) is 5.91 Å². The van der Waals surface area contributed by atoms with Gasteiger partial charge in [0.25, 0.3) is 0 Å². The van der Waals surface area contributed by atoms with E-state index in [0.29, 0.717) is 12.2 Å². The number of para-hydroxylation sites is 1. The second kappa shape index (κ2) is 9.93. The summed E-state index contributed by atoms with van der Waals surface area (Å²) in [6, 6.07) is 21.2. The molecular weight excluding hydrogens is 517 g/mol. The minimum absolute atomic E-state index is 0.160. The van der Waals surface area contributed by atoms with Crippen LogP contribution in [-0.4, -0.2) is 22.6 Å². The van der Waals surface area contributed by atoms with E-state index in [4.69, 9.17) is 0 Å². The number of halogens is 4. The van der Waals surface area contributed by atoms with Crippen molar-refractivity contribution in [3.63, 3.8) is 0 Å². The average molecular weight is 535 g/mol. The molecule has 0 atom stereocenters. The number of fused-ring (bicyclic) bond motifs is 1. The Bertz CT molecular complexity index is 1260. The summed E-state index contributed by atoms with van der Waals surface area (Å²) in [5, 5.41) is 3.75. The van der Waals surface area contributed by atoms with Gasteiger partial charge in [0.05, 0.1) is 5.75 Å². The molecule has 3 aromatic carbocycles. The number of hydrogen-bond donors (Lipinski definition) is 1. The number of ether oxygens (including phenoxy) is 1. The van der Waals surface area contributed by atoms with Crippen LogP contribution in [0.1, 0.15) is 5.56 Å². The predicted molar refractivity (Wildman–Crippen MR) is 128 cm³/mol. The molecule has 0 aliphatic heterocycles. The molecule has 0 bridgehead atoms. The van der Waals surface area contributed by atoms with Gasteiger partial charge in [-0.25, -0.2) is 0 Å². The molecule has 1 heterocycles. The maximum absolute atomic E-state index is 12.4. The van der Waals surface area contributed by atoms with E-state index in [1.807, 2.05) is 42.6 Å². The van der Waals surface area contributed by atoms with E-state index in [2.05, 4.69) is 42.7 Å². The van der Waals surface area contributed by atoms with E-state index in [9.17, 15) is 18.0 Å². The second-order valence-corrected chi connectivity index (χ2v) is 9.11. The van der Waals surface area contributed by atoms with Crippen LogP contribution in [0.4, 0.5) is 18.9 Å². The van der Waals surface area contributed by atoms with Crippen LogP contribution in [0.2, 0.25) is 0 Å². The normalized spacial score (nSPS) is 11.5. The van der Waals surface area contributed by atoms with E-state index in [0.717, 1.165) is 38.0 Å². The van der Waals surface area contributed by atoms with Crippen LogP contribution in [0.5, 0.6) is 5.75 Å². The molecule has 4 rings (SSSR count). The molecule has 170 valence electrons. The first-order valence-electron chi connectivity index (χ1n) is 9.88. The highest BCUT2D eigenvalue weighted by atomic mass is 79.9. The molecule has 0 saturated heterocycles. The number of aromatic nitrogens is 1. The van der Waals surface area contributed by atoms with Crippen molar-refractivity contribution < 1.29 is 22.7 Å². The lowest BCUT2D eigenvalue weighted by Crippen LogP contribution is -2.17. The Morgan fingerprint density at radius 3 is 2.39 bits per heavy atom. The summed E-state index contributed by atoms with van der Waals surface area (Å²) in [5.41, 5.74) is 2.63. The molecule has 0 fully saturated rings. The zero-order chi connectivity index (χ0) is 23.4. The first-order valence-corrected chi connectivity index (χ1v) is 11.7. The molecular formula is C24H18BrF3N2O2S. The fourth-order valence-corrected chi connectivity index (χ4v) is 4.48. The molecule has 0 aliphatic rings. The van der Waals surface area contributed by atoms with Crippen molar-refractivity contribution in [1.29, 1.82) is 0 Å². The monoisotopic (exact) mass is 534 g/mol. The van der Waals surface area contributed by atoms with Gasteiger partial charge >= 0.3 is 6.36 Å². The number of rotatable bonds is 7. The molecule has 9 heteroatoms. The number of hydrogen-bond acceptors (Lipinski definition) is 3. The van der Waals surface area contributed by atoms with Crippen LogP contribution >= 0.6 is 27.7 Å². The van der Waals surface area contributed by atoms with Crippen LogP contribution in [0.15, 0.2) is 88.4 Å². The summed E-state index contributed by atoms with van der Waals surface area (Å²) in [5.74, 6) is -0.435. The SMILES string of the molecule is O=C(CSc1cn(Cc2ccc(Br)cc2)c2ccccc12)Nc1ccc(OC(F)(F)F)cc1. The van der Waals surface area contributed by atoms with Crippen LogP contribution in [0, 0.1) is 0 Å². The Kier molecular flexibility index (Phi) is 6.99. The van der Waals surface area contributed by atoms with Crippen molar-refractivity contribution in [2.75, 3.05) is 11.1 Å². The fraction of sp³-hybridized carbons (Fsp3) is 0.125. The van der Waals surface area contributed by atoms with Crippen LogP contribution in [0.3, 0.4) is 0 Å². The number of carbonyl (C=O) groups is 1. The lowest BCUT2D eigenvalue weighted by Gasteiger charge is -2.10. The van der Waals surface area contributed by atoms with Gasteiger partial charge in [-0.05, 0) is 48.0 Å². The van der Waals surface area contributed by atoms with Crippen molar-refractivity contribution in [2.45, 2.75) is 17.8 Å². The standard InChI is InChI=1S/C24H18BrF3N2O2S/c25-17-7-5-16(6-8-17)13-30-14-22(20-3-1-2-4-21(20)30)33-15-23(31)29-18-9-11-19(12-10-18)32-24(26,27)28/h1-12,14H,13,15H2,(H,29,31). The lowest BCUT2D eigenvalue weighted by atomic mass is 10.2. The summed E-state index contributed by atoms with van der Waals surface area (Å²) < 4.78 is 43.8. The van der Waals surface area contributed by atoms with Crippen molar-refractivity contribution in [3.05, 3.63) is 89.0 Å². The van der Waals surface area contributed by atoms with Gasteiger partial charge in [0, 0.05) is 38.7 Å². The van der Waals surface area contributed by atoms with Gasteiger partial charge in [0.15, 0.2) is 0 Å². The molecule has 4 nitrogen and oxygen atoms in total. The van der Waals surface area contributed by atoms with Gasteiger partial charge in [-0.15, -0.1) is 24.9 Å². The van der Waals surface area contributed by atoms with E-state index in [-0.39, 0.29) is 17.4 Å². The Hall–Kier alpha value is -2.91. The van der Waals surface area contributed by atoms with Gasteiger partial charge in [-0.1, -0.05) is 46.3 Å². The summed E-state index contributed by atoms with van der Waals surface area (Å²) in [7, 11) is 0. The van der Waals surface area contributed by atoms with Crippen molar-refractivity contribution in [2.24, 2.45) is 0 Å². The second-order valence-electron chi connectivity index (χ2n) is 7.17. The topological polar surface area (TPSA) is 43.3 Å². The Labute approximate surface area is 200 Å². The number of thioether (sulfide) groups is 1. The van der Waals surface area contributed by atoms with Crippen molar-refractivity contribution >= 4 is 50.2 Å². The molecule has 0 saturated carbocycles. The number of benzene rings is 3. The minimum atomic E-state index is -4.75. The molecule has 33 heavy (non-hydrogen) atoms. The molecule has 0 aliphatic carbocycles. The van der Waals surface area contributed by atoms with Gasteiger partial charge < -0.3 is 14.6 Å². The van der Waals surface area contributed by atoms with Crippen LogP contribution < -0.4 is 10.1 Å². The minimum Gasteiger partial charge on any atom is -0.406 e. The Balaban J connectivity index is 1.41. The number of amides is 1. The highest BCUT2D eigenvalue weighted by Crippen LogP contribution is 2.31. The maximum atomic E-state index is 12.4. The largest absolute Gasteiger partial charge is 0.573 e. The summed E-state index contributed by atoms with van der Waals surface area (Å²) in [6.45, 7) is 0.701. The summed E-state index contributed by atoms with van der Waals surface area (Å²) in [6.07, 6.45) is -2.72. The van der Waals surface area contributed by atoms with E-state index < -0.39 is 6.36 Å². The van der Waals surface area contributed by atoms with E-state index >= 15 is 0 Å². The molecule has 1 N–H and O–H groups in total. The van der Waals surface area contributed by atoms with Crippen LogP contribution in [0.25, 0.3) is 10.9 Å². The molecule has 0 unspecified atom stereocenters. The van der Waals surface area contributed by atoms with Crippen LogP contribution in [-0.2, 0) is 11.3 Å². The molecule has 0 spiro atoms. The highest BCUT2D eigenvalue weighted by Gasteiger charge is 2.30. The third-order valence-corrected chi connectivity index (χ3v) is 6.32. The van der Waals surface area contributed by atoms with E-state index in [1.54, 1.807) is 0 Å². The number of nitrogens with one attached hydrogen (secondary N) is 1. The highest BCUT2D eigenvalue weighted by molar-refractivity contribution is 9.10.